The third-order valence-corrected chi connectivity index (χ3v) is 4.46. The molecular weight excluding hydrogens is 312 g/mol. The largest absolute Gasteiger partial charge is 0.346 e. The van der Waals surface area contributed by atoms with E-state index in [0.717, 1.165) is 29.1 Å². The van der Waals surface area contributed by atoms with E-state index in [2.05, 4.69) is 35.2 Å². The highest BCUT2D eigenvalue weighted by Crippen LogP contribution is 2.22. The summed E-state index contributed by atoms with van der Waals surface area (Å²) in [5, 5.41) is 0. The van der Waals surface area contributed by atoms with Crippen molar-refractivity contribution >= 4 is 5.91 Å². The van der Waals surface area contributed by atoms with Crippen molar-refractivity contribution in [2.75, 3.05) is 27.2 Å². The molecule has 0 radical (unpaired) electrons. The average molecular weight is 342 g/mol. The Kier molecular flexibility index (Phi) is 6.37. The van der Waals surface area contributed by atoms with Gasteiger partial charge in [0.1, 0.15) is 0 Å². The van der Waals surface area contributed by atoms with Crippen LogP contribution in [0.4, 0.5) is 0 Å². The summed E-state index contributed by atoms with van der Waals surface area (Å²) in [6.45, 7) is 10.5. The lowest BCUT2D eigenvalue weighted by atomic mass is 10.2. The second-order valence-electron chi connectivity index (χ2n) is 7.13. The molecule has 5 nitrogen and oxygen atoms in total. The standard InChI is InChI=1S/C20H30N4O/c1-15(2)24-16(3)13-19(17(24)4)20(25)23(12-11-22(5)6)14-18-7-9-21-10-8-18/h7-10,13,15H,11-12,14H2,1-6H3. The van der Waals surface area contributed by atoms with E-state index in [1.165, 1.54) is 0 Å². The number of hydrogen-bond donors (Lipinski definition) is 0. The van der Waals surface area contributed by atoms with Gasteiger partial charge >= 0.3 is 0 Å². The number of aromatic nitrogens is 2. The third-order valence-electron chi connectivity index (χ3n) is 4.46. The van der Waals surface area contributed by atoms with Crippen LogP contribution < -0.4 is 0 Å². The van der Waals surface area contributed by atoms with Crippen molar-refractivity contribution in [1.82, 2.24) is 19.4 Å². The van der Waals surface area contributed by atoms with Gasteiger partial charge in [0.05, 0.1) is 5.56 Å². The smallest absolute Gasteiger partial charge is 0.256 e. The minimum absolute atomic E-state index is 0.0960. The van der Waals surface area contributed by atoms with Crippen LogP contribution in [-0.2, 0) is 6.54 Å². The summed E-state index contributed by atoms with van der Waals surface area (Å²) >= 11 is 0. The monoisotopic (exact) mass is 342 g/mol. The van der Waals surface area contributed by atoms with Gasteiger partial charge in [0.25, 0.3) is 5.91 Å². The quantitative estimate of drug-likeness (QED) is 0.775. The molecule has 0 aliphatic heterocycles. The summed E-state index contributed by atoms with van der Waals surface area (Å²) in [4.78, 5) is 21.3. The van der Waals surface area contributed by atoms with Gasteiger partial charge in [0.15, 0.2) is 0 Å². The van der Waals surface area contributed by atoms with E-state index in [1.54, 1.807) is 12.4 Å². The fraction of sp³-hybridized carbons (Fsp3) is 0.500. The molecule has 0 aromatic carbocycles. The van der Waals surface area contributed by atoms with Crippen LogP contribution in [0.1, 0.15) is 47.2 Å². The van der Waals surface area contributed by atoms with E-state index in [0.29, 0.717) is 19.1 Å². The summed E-state index contributed by atoms with van der Waals surface area (Å²) in [5.74, 6) is 0.0960. The van der Waals surface area contributed by atoms with E-state index in [4.69, 9.17) is 0 Å². The molecule has 0 fully saturated rings. The molecule has 2 aromatic heterocycles. The Morgan fingerprint density at radius 2 is 1.80 bits per heavy atom. The molecule has 0 unspecified atom stereocenters. The first-order valence-corrected chi connectivity index (χ1v) is 8.82. The molecule has 0 spiro atoms. The molecule has 136 valence electrons. The van der Waals surface area contributed by atoms with Gasteiger partial charge in [0, 0.05) is 49.5 Å². The zero-order chi connectivity index (χ0) is 18.6. The van der Waals surface area contributed by atoms with E-state index in [1.807, 2.05) is 44.1 Å². The first-order chi connectivity index (χ1) is 11.8. The van der Waals surface area contributed by atoms with Crippen LogP contribution in [0.15, 0.2) is 30.6 Å². The minimum atomic E-state index is 0.0960. The van der Waals surface area contributed by atoms with Crippen molar-refractivity contribution in [3.8, 4) is 0 Å². The summed E-state index contributed by atoms with van der Waals surface area (Å²) < 4.78 is 2.23. The fourth-order valence-corrected chi connectivity index (χ4v) is 3.24. The van der Waals surface area contributed by atoms with Crippen LogP contribution >= 0.6 is 0 Å². The van der Waals surface area contributed by atoms with Gasteiger partial charge in [0.2, 0.25) is 0 Å². The lowest BCUT2D eigenvalue weighted by Crippen LogP contribution is -2.36. The highest BCUT2D eigenvalue weighted by Gasteiger charge is 2.22. The number of carbonyl (C=O) groups is 1. The van der Waals surface area contributed by atoms with Crippen molar-refractivity contribution in [3.63, 3.8) is 0 Å². The van der Waals surface area contributed by atoms with Crippen LogP contribution in [0.25, 0.3) is 0 Å². The molecule has 0 saturated carbocycles. The molecule has 5 heteroatoms. The molecule has 0 atom stereocenters. The SMILES string of the molecule is Cc1cc(C(=O)N(CCN(C)C)Cc2ccncc2)c(C)n1C(C)C. The second kappa shape index (κ2) is 8.30. The predicted octanol–water partition coefficient (Wildman–Crippen LogP) is 3.28. The van der Waals surface area contributed by atoms with E-state index in [-0.39, 0.29) is 5.91 Å². The van der Waals surface area contributed by atoms with Gasteiger partial charge in [-0.25, -0.2) is 0 Å². The predicted molar refractivity (Wildman–Crippen MR) is 102 cm³/mol. The first kappa shape index (κ1) is 19.2. The van der Waals surface area contributed by atoms with Gasteiger partial charge < -0.3 is 14.4 Å². The van der Waals surface area contributed by atoms with Crippen LogP contribution in [0.3, 0.4) is 0 Å². The maximum absolute atomic E-state index is 13.2. The Balaban J connectivity index is 2.30. The van der Waals surface area contributed by atoms with Crippen molar-refractivity contribution in [1.29, 1.82) is 0 Å². The average Bonchev–Trinajstić information content (AvgIpc) is 2.86. The van der Waals surface area contributed by atoms with Gasteiger partial charge in [-0.05, 0) is 65.6 Å². The number of aryl methyl sites for hydroxylation is 1. The number of amides is 1. The molecule has 25 heavy (non-hydrogen) atoms. The van der Waals surface area contributed by atoms with Crippen molar-refractivity contribution < 1.29 is 4.79 Å². The minimum Gasteiger partial charge on any atom is -0.346 e. The third kappa shape index (κ3) is 4.69. The highest BCUT2D eigenvalue weighted by atomic mass is 16.2. The molecule has 0 saturated heterocycles. The Morgan fingerprint density at radius 1 is 1.16 bits per heavy atom. The summed E-state index contributed by atoms with van der Waals surface area (Å²) in [6, 6.07) is 6.30. The molecular formula is C20H30N4O. The number of pyridine rings is 1. The zero-order valence-electron chi connectivity index (χ0n) is 16.3. The molecule has 0 aliphatic rings. The van der Waals surface area contributed by atoms with Gasteiger partial charge in [-0.15, -0.1) is 0 Å². The second-order valence-corrected chi connectivity index (χ2v) is 7.13. The topological polar surface area (TPSA) is 41.4 Å². The lowest BCUT2D eigenvalue weighted by Gasteiger charge is -2.25. The number of likely N-dealkylation sites (N-methyl/N-ethyl adjacent to an activating group) is 1. The summed E-state index contributed by atoms with van der Waals surface area (Å²) in [7, 11) is 4.06. The molecule has 0 N–H and O–H groups in total. The van der Waals surface area contributed by atoms with E-state index >= 15 is 0 Å². The number of rotatable bonds is 7. The van der Waals surface area contributed by atoms with Crippen molar-refractivity contribution in [2.45, 2.75) is 40.3 Å². The molecule has 2 aromatic rings. The maximum Gasteiger partial charge on any atom is 0.256 e. The van der Waals surface area contributed by atoms with Crippen LogP contribution in [0.2, 0.25) is 0 Å². The van der Waals surface area contributed by atoms with Crippen LogP contribution in [0.5, 0.6) is 0 Å². The normalized spacial score (nSPS) is 11.4. The summed E-state index contributed by atoms with van der Waals surface area (Å²) in [5.41, 5.74) is 4.08. The lowest BCUT2D eigenvalue weighted by molar-refractivity contribution is 0.0731. The van der Waals surface area contributed by atoms with E-state index in [9.17, 15) is 4.79 Å². The van der Waals surface area contributed by atoms with Crippen molar-refractivity contribution in [3.05, 3.63) is 53.1 Å². The molecule has 2 rings (SSSR count). The van der Waals surface area contributed by atoms with Crippen LogP contribution in [-0.4, -0.2) is 52.4 Å². The Labute approximate surface area is 151 Å². The molecule has 2 heterocycles. The van der Waals surface area contributed by atoms with Crippen LogP contribution in [0, 0.1) is 13.8 Å². The number of nitrogens with zero attached hydrogens (tertiary/aromatic N) is 4. The first-order valence-electron chi connectivity index (χ1n) is 8.82. The van der Waals surface area contributed by atoms with Gasteiger partial charge in [-0.3, -0.25) is 9.78 Å². The molecule has 0 bridgehead atoms. The number of hydrogen-bond acceptors (Lipinski definition) is 3. The van der Waals surface area contributed by atoms with Gasteiger partial charge in [-0.2, -0.15) is 0 Å². The number of carbonyl (C=O) groups excluding carboxylic acids is 1. The Morgan fingerprint density at radius 3 is 2.32 bits per heavy atom. The van der Waals surface area contributed by atoms with Gasteiger partial charge in [-0.1, -0.05) is 0 Å². The molecule has 1 amide bonds. The maximum atomic E-state index is 13.2. The Bertz CT molecular complexity index is 704. The molecule has 0 aliphatic carbocycles. The summed E-state index contributed by atoms with van der Waals surface area (Å²) in [6.07, 6.45) is 3.54. The highest BCUT2D eigenvalue weighted by molar-refractivity contribution is 5.95. The van der Waals surface area contributed by atoms with E-state index < -0.39 is 0 Å². The zero-order valence-corrected chi connectivity index (χ0v) is 16.3. The Hall–Kier alpha value is -2.14. The van der Waals surface area contributed by atoms with Crippen molar-refractivity contribution in [2.24, 2.45) is 0 Å². The fourth-order valence-electron chi connectivity index (χ4n) is 3.24.